The molecule has 0 aliphatic carbocycles. The van der Waals surface area contributed by atoms with Gasteiger partial charge in [-0.2, -0.15) is 0 Å². The molecule has 160 valence electrons. The fourth-order valence-corrected chi connectivity index (χ4v) is 3.10. The number of rotatable bonds is 6. The van der Waals surface area contributed by atoms with Gasteiger partial charge in [-0.05, 0) is 43.3 Å². The Kier molecular flexibility index (Phi) is 5.77. The summed E-state index contributed by atoms with van der Waals surface area (Å²) < 4.78 is 7.48. The number of non-ortho nitro benzene ring substituents is 1. The van der Waals surface area contributed by atoms with Gasteiger partial charge in [0.1, 0.15) is 11.6 Å². The molecule has 2 aromatic heterocycles. The van der Waals surface area contributed by atoms with E-state index in [0.717, 1.165) is 11.9 Å². The fourth-order valence-electron chi connectivity index (χ4n) is 2.84. The molecule has 2 heterocycles. The first-order valence-corrected chi connectivity index (χ1v) is 9.66. The van der Waals surface area contributed by atoms with E-state index >= 15 is 0 Å². The average Bonchev–Trinajstić information content (AvgIpc) is 3.21. The SMILES string of the molecule is Cc1nccn1-c1ccc(Oc2ccc(NC(=O)c3ccc([N+](=O)[O-])cc3Cl)cc2)nn1. The van der Waals surface area contributed by atoms with Crippen LogP contribution in [0.5, 0.6) is 11.6 Å². The zero-order valence-electron chi connectivity index (χ0n) is 16.6. The summed E-state index contributed by atoms with van der Waals surface area (Å²) in [7, 11) is 0. The molecule has 11 heteroatoms. The third-order valence-corrected chi connectivity index (χ3v) is 4.75. The van der Waals surface area contributed by atoms with Crippen molar-refractivity contribution in [3.63, 3.8) is 0 Å². The lowest BCUT2D eigenvalue weighted by Gasteiger charge is -2.09. The number of hydrogen-bond donors (Lipinski definition) is 1. The molecule has 1 N–H and O–H groups in total. The Morgan fingerprint density at radius 3 is 2.50 bits per heavy atom. The summed E-state index contributed by atoms with van der Waals surface area (Å²) in [5, 5.41) is 21.7. The van der Waals surface area contributed by atoms with Crippen LogP contribution in [0.2, 0.25) is 5.02 Å². The lowest BCUT2D eigenvalue weighted by atomic mass is 10.2. The van der Waals surface area contributed by atoms with E-state index < -0.39 is 10.8 Å². The predicted octanol–water partition coefficient (Wildman–Crippen LogP) is 4.58. The number of hydrogen-bond acceptors (Lipinski definition) is 7. The monoisotopic (exact) mass is 450 g/mol. The maximum atomic E-state index is 12.4. The van der Waals surface area contributed by atoms with Crippen LogP contribution in [0, 0.1) is 17.0 Å². The van der Waals surface area contributed by atoms with Gasteiger partial charge in [-0.3, -0.25) is 19.5 Å². The van der Waals surface area contributed by atoms with Crippen molar-refractivity contribution in [3.8, 4) is 17.4 Å². The van der Waals surface area contributed by atoms with Gasteiger partial charge in [-0.15, -0.1) is 10.2 Å². The zero-order chi connectivity index (χ0) is 22.7. The van der Waals surface area contributed by atoms with Crippen molar-refractivity contribution in [2.45, 2.75) is 6.92 Å². The van der Waals surface area contributed by atoms with E-state index in [2.05, 4.69) is 20.5 Å². The molecule has 0 aliphatic heterocycles. The molecular weight excluding hydrogens is 436 g/mol. The molecule has 0 spiro atoms. The first kappa shape index (κ1) is 20.9. The van der Waals surface area contributed by atoms with Gasteiger partial charge in [0.25, 0.3) is 11.6 Å². The minimum Gasteiger partial charge on any atom is -0.438 e. The highest BCUT2D eigenvalue weighted by Gasteiger charge is 2.15. The number of nitro benzene ring substituents is 1. The van der Waals surface area contributed by atoms with E-state index in [9.17, 15) is 14.9 Å². The Morgan fingerprint density at radius 2 is 1.91 bits per heavy atom. The standard InChI is InChI=1S/C21H15ClN6O4/c1-13-23-10-11-27(13)19-8-9-20(26-25-19)32-16-5-2-14(3-6-16)24-21(29)17-7-4-15(28(30)31)12-18(17)22/h2-12H,1H3,(H,24,29). The summed E-state index contributed by atoms with van der Waals surface area (Å²) in [5.41, 5.74) is 0.430. The lowest BCUT2D eigenvalue weighted by Crippen LogP contribution is -2.12. The molecule has 0 fully saturated rings. The van der Waals surface area contributed by atoms with Crippen molar-refractivity contribution in [1.82, 2.24) is 19.7 Å². The minimum atomic E-state index is -0.580. The summed E-state index contributed by atoms with van der Waals surface area (Å²) in [6, 6.07) is 13.7. The number of benzene rings is 2. The van der Waals surface area contributed by atoms with Crippen molar-refractivity contribution in [2.75, 3.05) is 5.32 Å². The van der Waals surface area contributed by atoms with Crippen LogP contribution in [-0.2, 0) is 0 Å². The second-order valence-electron chi connectivity index (χ2n) is 6.58. The van der Waals surface area contributed by atoms with Gasteiger partial charge >= 0.3 is 0 Å². The molecule has 0 saturated carbocycles. The van der Waals surface area contributed by atoms with E-state index in [4.69, 9.17) is 16.3 Å². The van der Waals surface area contributed by atoms with Gasteiger partial charge in [-0.1, -0.05) is 11.6 Å². The number of halogens is 1. The van der Waals surface area contributed by atoms with Crippen LogP contribution < -0.4 is 10.1 Å². The number of nitrogens with one attached hydrogen (secondary N) is 1. The second kappa shape index (κ2) is 8.82. The number of nitrogens with zero attached hydrogens (tertiary/aromatic N) is 5. The Balaban J connectivity index is 1.40. The summed E-state index contributed by atoms with van der Waals surface area (Å²) >= 11 is 6.00. The third kappa shape index (κ3) is 4.55. The van der Waals surface area contributed by atoms with Crippen LogP contribution in [0.15, 0.2) is 67.0 Å². The van der Waals surface area contributed by atoms with Crippen LogP contribution in [-0.4, -0.2) is 30.6 Å². The van der Waals surface area contributed by atoms with Crippen LogP contribution in [0.3, 0.4) is 0 Å². The maximum absolute atomic E-state index is 12.4. The topological polar surface area (TPSA) is 125 Å². The molecule has 10 nitrogen and oxygen atoms in total. The molecule has 0 atom stereocenters. The van der Waals surface area contributed by atoms with Crippen molar-refractivity contribution in [2.24, 2.45) is 0 Å². The molecular formula is C21H15ClN6O4. The van der Waals surface area contributed by atoms with Crippen molar-refractivity contribution < 1.29 is 14.5 Å². The van der Waals surface area contributed by atoms with Crippen LogP contribution in [0.1, 0.15) is 16.2 Å². The normalized spacial score (nSPS) is 10.6. The van der Waals surface area contributed by atoms with Crippen LogP contribution in [0.25, 0.3) is 5.82 Å². The quantitative estimate of drug-likeness (QED) is 0.336. The van der Waals surface area contributed by atoms with Gasteiger partial charge in [0.2, 0.25) is 5.88 Å². The van der Waals surface area contributed by atoms with E-state index in [0.29, 0.717) is 23.1 Å². The molecule has 32 heavy (non-hydrogen) atoms. The van der Waals surface area contributed by atoms with E-state index in [-0.39, 0.29) is 16.3 Å². The molecule has 2 aromatic carbocycles. The van der Waals surface area contributed by atoms with Crippen LogP contribution in [0.4, 0.5) is 11.4 Å². The first-order chi connectivity index (χ1) is 15.4. The number of nitro groups is 1. The van der Waals surface area contributed by atoms with E-state index in [1.165, 1.54) is 12.1 Å². The second-order valence-corrected chi connectivity index (χ2v) is 6.98. The Morgan fingerprint density at radius 1 is 1.12 bits per heavy atom. The third-order valence-electron chi connectivity index (χ3n) is 4.44. The molecule has 0 unspecified atom stereocenters. The van der Waals surface area contributed by atoms with E-state index in [1.807, 2.05) is 6.92 Å². The predicted molar refractivity (Wildman–Crippen MR) is 116 cm³/mol. The molecule has 0 aliphatic rings. The maximum Gasteiger partial charge on any atom is 0.270 e. The Hall–Kier alpha value is -4.31. The molecule has 1 amide bonds. The van der Waals surface area contributed by atoms with Crippen molar-refractivity contribution in [1.29, 1.82) is 0 Å². The van der Waals surface area contributed by atoms with Gasteiger partial charge in [0.05, 0.1) is 15.5 Å². The number of carbonyl (C=O) groups is 1. The van der Waals surface area contributed by atoms with Gasteiger partial charge in [0.15, 0.2) is 5.82 Å². The van der Waals surface area contributed by atoms with Gasteiger partial charge in [0, 0.05) is 36.3 Å². The lowest BCUT2D eigenvalue weighted by molar-refractivity contribution is -0.384. The zero-order valence-corrected chi connectivity index (χ0v) is 17.4. The molecule has 0 bridgehead atoms. The number of imidazole rings is 1. The number of amides is 1. The summed E-state index contributed by atoms with van der Waals surface area (Å²) in [4.78, 5) is 26.8. The van der Waals surface area contributed by atoms with Gasteiger partial charge < -0.3 is 10.1 Å². The smallest absolute Gasteiger partial charge is 0.270 e. The van der Waals surface area contributed by atoms with Crippen molar-refractivity contribution >= 4 is 28.9 Å². The van der Waals surface area contributed by atoms with E-state index in [1.54, 1.807) is 53.4 Å². The average molecular weight is 451 g/mol. The van der Waals surface area contributed by atoms with Gasteiger partial charge in [-0.25, -0.2) is 4.98 Å². The number of aromatic nitrogens is 4. The number of anilines is 1. The summed E-state index contributed by atoms with van der Waals surface area (Å²) in [5.74, 6) is 1.73. The number of aryl methyl sites for hydroxylation is 1. The summed E-state index contributed by atoms with van der Waals surface area (Å²) in [6.45, 7) is 1.86. The Labute approximate surface area is 186 Å². The largest absolute Gasteiger partial charge is 0.438 e. The number of carbonyl (C=O) groups excluding carboxylic acids is 1. The highest BCUT2D eigenvalue weighted by atomic mass is 35.5. The molecule has 4 rings (SSSR count). The minimum absolute atomic E-state index is 0.00967. The fraction of sp³-hybridized carbons (Fsp3) is 0.0476. The number of ether oxygens (including phenoxy) is 1. The first-order valence-electron chi connectivity index (χ1n) is 9.28. The highest BCUT2D eigenvalue weighted by molar-refractivity contribution is 6.34. The van der Waals surface area contributed by atoms with Crippen LogP contribution >= 0.6 is 11.6 Å². The summed E-state index contributed by atoms with van der Waals surface area (Å²) in [6.07, 6.45) is 3.47. The molecule has 0 radical (unpaired) electrons. The Bertz CT molecular complexity index is 1290. The molecule has 4 aromatic rings. The molecule has 0 saturated heterocycles. The van der Waals surface area contributed by atoms with Crippen molar-refractivity contribution in [3.05, 3.63) is 93.5 Å². The highest BCUT2D eigenvalue weighted by Crippen LogP contribution is 2.25.